The molecule has 2 rings (SSSR count). The van der Waals surface area contributed by atoms with Crippen molar-refractivity contribution in [2.24, 2.45) is 0 Å². The zero-order valence-electron chi connectivity index (χ0n) is 13.6. The van der Waals surface area contributed by atoms with Crippen molar-refractivity contribution >= 4 is 21.6 Å². The van der Waals surface area contributed by atoms with Gasteiger partial charge in [0.2, 0.25) is 5.91 Å². The summed E-state index contributed by atoms with van der Waals surface area (Å²) >= 11 is 0. The highest BCUT2D eigenvalue weighted by atomic mass is 32.2. The van der Waals surface area contributed by atoms with Gasteiger partial charge in [-0.2, -0.15) is 0 Å². The van der Waals surface area contributed by atoms with Crippen molar-refractivity contribution in [3.63, 3.8) is 0 Å². The maximum Gasteiger partial charge on any atom is 0.261 e. The predicted molar refractivity (Wildman–Crippen MR) is 92.6 cm³/mol. The largest absolute Gasteiger partial charge is 0.497 e. The number of methoxy groups -OCH3 is 1. The molecule has 0 heterocycles. The summed E-state index contributed by atoms with van der Waals surface area (Å²) in [5, 5.41) is 2.70. The van der Waals surface area contributed by atoms with E-state index in [1.807, 2.05) is 0 Å². The van der Waals surface area contributed by atoms with E-state index in [0.717, 1.165) is 5.56 Å². The number of hydrogen-bond donors (Lipinski definition) is 2. The second kappa shape index (κ2) is 7.83. The lowest BCUT2D eigenvalue weighted by Crippen LogP contribution is -2.22. The monoisotopic (exact) mass is 348 g/mol. The van der Waals surface area contributed by atoms with Gasteiger partial charge in [0.15, 0.2) is 0 Å². The average molecular weight is 348 g/mol. The first-order chi connectivity index (χ1) is 11.4. The smallest absolute Gasteiger partial charge is 0.261 e. The Balaban J connectivity index is 2.04. The van der Waals surface area contributed by atoms with Gasteiger partial charge in [-0.15, -0.1) is 0 Å². The Hall–Kier alpha value is -2.54. The quantitative estimate of drug-likeness (QED) is 0.803. The summed E-state index contributed by atoms with van der Waals surface area (Å²) in [6, 6.07) is 13.2. The Kier molecular flexibility index (Phi) is 5.81. The molecule has 0 saturated heterocycles. The molecule has 0 saturated carbocycles. The molecule has 2 N–H and O–H groups in total. The van der Waals surface area contributed by atoms with Gasteiger partial charge < -0.3 is 10.1 Å². The van der Waals surface area contributed by atoms with Crippen LogP contribution in [0, 0.1) is 0 Å². The number of carbonyl (C=O) groups is 1. The van der Waals surface area contributed by atoms with Crippen LogP contribution in [0.5, 0.6) is 5.75 Å². The van der Waals surface area contributed by atoms with E-state index in [2.05, 4.69) is 10.0 Å². The molecule has 24 heavy (non-hydrogen) atoms. The molecule has 0 bridgehead atoms. The van der Waals surface area contributed by atoms with Gasteiger partial charge in [-0.1, -0.05) is 12.1 Å². The summed E-state index contributed by atoms with van der Waals surface area (Å²) in [5.74, 6) is 0.569. The maximum atomic E-state index is 12.4. The number of rotatable bonds is 7. The van der Waals surface area contributed by atoms with Crippen LogP contribution in [0.3, 0.4) is 0 Å². The Bertz CT molecular complexity index is 784. The number of ether oxygens (including phenoxy) is 1. The molecule has 128 valence electrons. The van der Waals surface area contributed by atoms with Gasteiger partial charge in [0, 0.05) is 19.2 Å². The zero-order valence-corrected chi connectivity index (χ0v) is 14.4. The van der Waals surface area contributed by atoms with E-state index in [4.69, 9.17) is 4.74 Å². The number of anilines is 1. The predicted octanol–water partition coefficient (Wildman–Crippen LogP) is 2.17. The molecule has 6 nitrogen and oxygen atoms in total. The number of nitrogens with one attached hydrogen (secondary N) is 2. The minimum atomic E-state index is -3.64. The Morgan fingerprint density at radius 1 is 1.04 bits per heavy atom. The molecule has 0 radical (unpaired) electrons. The average Bonchev–Trinajstić information content (AvgIpc) is 2.55. The number of carbonyl (C=O) groups excluding carboxylic acids is 1. The normalized spacial score (nSPS) is 10.9. The lowest BCUT2D eigenvalue weighted by atomic mass is 10.1. The molecule has 2 aromatic rings. The fourth-order valence-corrected chi connectivity index (χ4v) is 3.15. The van der Waals surface area contributed by atoms with Gasteiger partial charge in [0.1, 0.15) is 5.75 Å². The minimum Gasteiger partial charge on any atom is -0.497 e. The second-order valence-corrected chi connectivity index (χ2v) is 6.89. The van der Waals surface area contributed by atoms with Crippen molar-refractivity contribution < 1.29 is 17.9 Å². The molecular weight excluding hydrogens is 328 g/mol. The third-order valence-corrected chi connectivity index (χ3v) is 4.76. The van der Waals surface area contributed by atoms with Crippen LogP contribution >= 0.6 is 0 Å². The van der Waals surface area contributed by atoms with Crippen molar-refractivity contribution in [1.29, 1.82) is 0 Å². The first-order valence-electron chi connectivity index (χ1n) is 7.41. The molecule has 0 aromatic heterocycles. The van der Waals surface area contributed by atoms with Crippen molar-refractivity contribution in [1.82, 2.24) is 5.32 Å². The molecule has 0 aliphatic rings. The molecule has 0 atom stereocenters. The Morgan fingerprint density at radius 3 is 2.21 bits per heavy atom. The van der Waals surface area contributed by atoms with E-state index in [1.165, 1.54) is 6.92 Å². The van der Waals surface area contributed by atoms with E-state index >= 15 is 0 Å². The van der Waals surface area contributed by atoms with Crippen LogP contribution in [0.15, 0.2) is 53.4 Å². The summed E-state index contributed by atoms with van der Waals surface area (Å²) in [5.41, 5.74) is 1.41. The lowest BCUT2D eigenvalue weighted by Gasteiger charge is -2.09. The first-order valence-corrected chi connectivity index (χ1v) is 8.89. The lowest BCUT2D eigenvalue weighted by molar-refractivity contribution is -0.118. The molecular formula is C17H20N2O4S. The van der Waals surface area contributed by atoms with Crippen LogP contribution < -0.4 is 14.8 Å². The van der Waals surface area contributed by atoms with Crippen molar-refractivity contribution in [2.45, 2.75) is 18.2 Å². The highest BCUT2D eigenvalue weighted by Gasteiger charge is 2.14. The summed E-state index contributed by atoms with van der Waals surface area (Å²) < 4.78 is 32.3. The van der Waals surface area contributed by atoms with Crippen molar-refractivity contribution in [2.75, 3.05) is 18.4 Å². The highest BCUT2D eigenvalue weighted by Crippen LogP contribution is 2.19. The van der Waals surface area contributed by atoms with Crippen molar-refractivity contribution in [3.8, 4) is 5.75 Å². The third kappa shape index (κ3) is 4.99. The van der Waals surface area contributed by atoms with Gasteiger partial charge in [-0.05, 0) is 48.4 Å². The Labute approximate surface area is 141 Å². The summed E-state index contributed by atoms with van der Waals surface area (Å²) in [4.78, 5) is 11.0. The molecule has 0 aliphatic carbocycles. The number of amides is 1. The molecule has 0 fully saturated rings. The van der Waals surface area contributed by atoms with E-state index in [0.29, 0.717) is 24.4 Å². The molecule has 2 aromatic carbocycles. The van der Waals surface area contributed by atoms with Crippen LogP contribution in [0.2, 0.25) is 0 Å². The number of sulfonamides is 1. The third-order valence-electron chi connectivity index (χ3n) is 3.36. The number of benzene rings is 2. The SMILES string of the molecule is COc1ccc(NS(=O)(=O)c2ccc(CCNC(C)=O)cc2)cc1. The molecule has 0 unspecified atom stereocenters. The van der Waals surface area contributed by atoms with Crippen LogP contribution in [0.4, 0.5) is 5.69 Å². The zero-order chi connectivity index (χ0) is 17.6. The molecule has 1 amide bonds. The fourth-order valence-electron chi connectivity index (χ4n) is 2.09. The minimum absolute atomic E-state index is 0.0853. The second-order valence-electron chi connectivity index (χ2n) is 5.21. The van der Waals surface area contributed by atoms with Crippen LogP contribution in [0.1, 0.15) is 12.5 Å². The van der Waals surface area contributed by atoms with Crippen molar-refractivity contribution in [3.05, 3.63) is 54.1 Å². The Morgan fingerprint density at radius 2 is 1.67 bits per heavy atom. The summed E-state index contributed by atoms with van der Waals surface area (Å²) in [6.45, 7) is 1.98. The molecule has 0 spiro atoms. The topological polar surface area (TPSA) is 84.5 Å². The van der Waals surface area contributed by atoms with E-state index in [1.54, 1.807) is 55.6 Å². The van der Waals surface area contributed by atoms with E-state index < -0.39 is 10.0 Å². The van der Waals surface area contributed by atoms with Crippen LogP contribution in [-0.2, 0) is 21.2 Å². The maximum absolute atomic E-state index is 12.4. The fraction of sp³-hybridized carbons (Fsp3) is 0.235. The first kappa shape index (κ1) is 17.8. The van der Waals surface area contributed by atoms with E-state index in [9.17, 15) is 13.2 Å². The van der Waals surface area contributed by atoms with Gasteiger partial charge in [0.05, 0.1) is 12.0 Å². The molecule has 7 heteroatoms. The van der Waals surface area contributed by atoms with Gasteiger partial charge in [-0.25, -0.2) is 8.42 Å². The highest BCUT2D eigenvalue weighted by molar-refractivity contribution is 7.92. The number of hydrogen-bond acceptors (Lipinski definition) is 4. The van der Waals surface area contributed by atoms with Gasteiger partial charge >= 0.3 is 0 Å². The van der Waals surface area contributed by atoms with Crippen LogP contribution in [0.25, 0.3) is 0 Å². The van der Waals surface area contributed by atoms with Gasteiger partial charge in [0.25, 0.3) is 10.0 Å². The molecule has 0 aliphatic heterocycles. The van der Waals surface area contributed by atoms with Crippen LogP contribution in [-0.4, -0.2) is 28.0 Å². The standard InChI is InChI=1S/C17H20N2O4S/c1-13(20)18-12-11-14-3-9-17(10-4-14)24(21,22)19-15-5-7-16(23-2)8-6-15/h3-10,19H,11-12H2,1-2H3,(H,18,20). The summed E-state index contributed by atoms with van der Waals surface area (Å²) in [7, 11) is -2.10. The van der Waals surface area contributed by atoms with E-state index in [-0.39, 0.29) is 10.8 Å². The summed E-state index contributed by atoms with van der Waals surface area (Å²) in [6.07, 6.45) is 0.645. The van der Waals surface area contributed by atoms with Gasteiger partial charge in [-0.3, -0.25) is 9.52 Å².